The Morgan fingerprint density at radius 1 is 1.10 bits per heavy atom. The summed E-state index contributed by atoms with van der Waals surface area (Å²) in [5.74, 6) is -0.786. The van der Waals surface area contributed by atoms with Crippen LogP contribution in [0.15, 0.2) is 12.1 Å². The van der Waals surface area contributed by atoms with Crippen LogP contribution in [0.25, 0.3) is 0 Å². The lowest BCUT2D eigenvalue weighted by Crippen LogP contribution is -2.18. The van der Waals surface area contributed by atoms with Crippen LogP contribution in [0.1, 0.15) is 54.9 Å². The van der Waals surface area contributed by atoms with E-state index in [0.29, 0.717) is 37.7 Å². The Kier molecular flexibility index (Phi) is 4.83. The molecular weight excluding hydrogens is 272 g/mol. The molecule has 5 nitrogen and oxygen atoms in total. The summed E-state index contributed by atoms with van der Waals surface area (Å²) >= 11 is 0. The number of carbonyl (C=O) groups is 2. The van der Waals surface area contributed by atoms with E-state index >= 15 is 0 Å². The van der Waals surface area contributed by atoms with Gasteiger partial charge in [-0.25, -0.2) is 4.79 Å². The molecule has 0 saturated heterocycles. The molecular formula is C16H20O5. The zero-order valence-corrected chi connectivity index (χ0v) is 12.1. The lowest BCUT2D eigenvalue weighted by atomic mass is 9.98. The minimum atomic E-state index is -0.608. The summed E-state index contributed by atoms with van der Waals surface area (Å²) in [6.07, 6.45) is 2.97. The number of ether oxygens (including phenoxy) is 1. The third-order valence-corrected chi connectivity index (χ3v) is 3.68. The van der Waals surface area contributed by atoms with Crippen LogP contribution in [0.2, 0.25) is 0 Å². The van der Waals surface area contributed by atoms with Gasteiger partial charge < -0.3 is 14.9 Å². The number of cyclic esters (lactones) is 1. The van der Waals surface area contributed by atoms with Crippen LogP contribution in [0.4, 0.5) is 0 Å². The normalized spacial score (nSPS) is 20.9. The van der Waals surface area contributed by atoms with Crippen molar-refractivity contribution < 1.29 is 24.5 Å². The molecule has 0 unspecified atom stereocenters. The fraction of sp³-hybridized carbons (Fsp3) is 0.500. The van der Waals surface area contributed by atoms with Crippen molar-refractivity contribution in [3.05, 3.63) is 23.3 Å². The molecule has 2 N–H and O–H groups in total. The molecule has 114 valence electrons. The monoisotopic (exact) mass is 292 g/mol. The number of benzene rings is 1. The van der Waals surface area contributed by atoms with Gasteiger partial charge in [-0.05, 0) is 44.2 Å². The van der Waals surface area contributed by atoms with Gasteiger partial charge in [-0.15, -0.1) is 0 Å². The summed E-state index contributed by atoms with van der Waals surface area (Å²) in [6, 6.07) is 2.61. The number of hydrogen-bond donors (Lipinski definition) is 2. The van der Waals surface area contributed by atoms with E-state index in [1.165, 1.54) is 6.07 Å². The highest BCUT2D eigenvalue weighted by atomic mass is 16.5. The first-order valence-electron chi connectivity index (χ1n) is 7.25. The van der Waals surface area contributed by atoms with Gasteiger partial charge in [0, 0.05) is 18.9 Å². The van der Waals surface area contributed by atoms with Gasteiger partial charge in [0.2, 0.25) is 0 Å². The number of esters is 1. The Morgan fingerprint density at radius 2 is 1.81 bits per heavy atom. The third kappa shape index (κ3) is 3.97. The molecule has 1 aromatic carbocycles. The number of phenolic OH excluding ortho intramolecular Hbond substituents is 2. The van der Waals surface area contributed by atoms with Crippen LogP contribution in [-0.4, -0.2) is 28.1 Å². The average molecular weight is 292 g/mol. The van der Waals surface area contributed by atoms with Gasteiger partial charge in [0.15, 0.2) is 0 Å². The fourth-order valence-corrected chi connectivity index (χ4v) is 2.53. The Bertz CT molecular complexity index is 550. The summed E-state index contributed by atoms with van der Waals surface area (Å²) < 4.78 is 5.29. The molecule has 0 spiro atoms. The van der Waals surface area contributed by atoms with Crippen molar-refractivity contribution >= 4 is 11.8 Å². The number of rotatable bonds is 0. The zero-order valence-electron chi connectivity index (χ0n) is 12.1. The third-order valence-electron chi connectivity index (χ3n) is 3.68. The molecule has 0 amide bonds. The Morgan fingerprint density at radius 3 is 2.57 bits per heavy atom. The van der Waals surface area contributed by atoms with Crippen molar-refractivity contribution in [2.45, 2.75) is 51.6 Å². The summed E-state index contributed by atoms with van der Waals surface area (Å²) in [5.41, 5.74) is 0.671. The SMILES string of the molecule is C[C@@H]1CCC(=O)CCCCc2cc(O)cc(O)c2C(=O)O1. The van der Waals surface area contributed by atoms with Crippen LogP contribution in [-0.2, 0) is 16.0 Å². The number of Topliss-reactive ketones (excluding diaryl/α,β-unsaturated/α-hetero) is 1. The van der Waals surface area contributed by atoms with E-state index in [9.17, 15) is 19.8 Å². The highest BCUT2D eigenvalue weighted by molar-refractivity contribution is 5.94. The number of hydrogen-bond acceptors (Lipinski definition) is 5. The van der Waals surface area contributed by atoms with E-state index in [1.54, 1.807) is 6.92 Å². The summed E-state index contributed by atoms with van der Waals surface area (Å²) in [4.78, 5) is 23.9. The second-order valence-electron chi connectivity index (χ2n) is 5.50. The molecule has 1 atom stereocenters. The lowest BCUT2D eigenvalue weighted by molar-refractivity contribution is -0.119. The van der Waals surface area contributed by atoms with E-state index < -0.39 is 5.97 Å². The second kappa shape index (κ2) is 6.61. The predicted octanol–water partition coefficient (Wildman–Crippen LogP) is 2.72. The number of phenols is 2. The Hall–Kier alpha value is -2.04. The van der Waals surface area contributed by atoms with E-state index in [2.05, 4.69) is 0 Å². The highest BCUT2D eigenvalue weighted by Gasteiger charge is 2.22. The van der Waals surface area contributed by atoms with Crippen molar-refractivity contribution in [1.82, 2.24) is 0 Å². The van der Waals surface area contributed by atoms with Gasteiger partial charge in [0.1, 0.15) is 22.8 Å². The maximum absolute atomic E-state index is 12.2. The van der Waals surface area contributed by atoms with Crippen LogP contribution < -0.4 is 0 Å². The number of aromatic hydroxyl groups is 2. The zero-order chi connectivity index (χ0) is 15.4. The van der Waals surface area contributed by atoms with Crippen molar-refractivity contribution in [2.24, 2.45) is 0 Å². The maximum atomic E-state index is 12.2. The molecule has 0 aliphatic carbocycles. The lowest BCUT2D eigenvalue weighted by Gasteiger charge is -2.17. The average Bonchev–Trinajstić information content (AvgIpc) is 2.39. The van der Waals surface area contributed by atoms with Gasteiger partial charge in [-0.2, -0.15) is 0 Å². The first-order chi connectivity index (χ1) is 9.97. The highest BCUT2D eigenvalue weighted by Crippen LogP contribution is 2.30. The van der Waals surface area contributed by atoms with Gasteiger partial charge in [0.25, 0.3) is 0 Å². The minimum absolute atomic E-state index is 0.0877. The van der Waals surface area contributed by atoms with Crippen LogP contribution in [0.3, 0.4) is 0 Å². The predicted molar refractivity (Wildman–Crippen MR) is 76.4 cm³/mol. The van der Waals surface area contributed by atoms with Gasteiger partial charge >= 0.3 is 5.97 Å². The topological polar surface area (TPSA) is 83.8 Å². The Labute approximate surface area is 123 Å². The molecule has 1 aliphatic rings. The van der Waals surface area contributed by atoms with Gasteiger partial charge in [0.05, 0.1) is 6.10 Å². The smallest absolute Gasteiger partial charge is 0.342 e. The molecule has 0 bridgehead atoms. The van der Waals surface area contributed by atoms with E-state index in [1.807, 2.05) is 0 Å². The molecule has 0 aromatic heterocycles. The molecule has 0 saturated carbocycles. The second-order valence-corrected chi connectivity index (χ2v) is 5.50. The maximum Gasteiger partial charge on any atom is 0.342 e. The molecule has 2 rings (SSSR count). The standard InChI is InChI=1S/C16H20O5/c1-10-6-7-12(17)5-3-2-4-11-8-13(18)9-14(19)15(11)16(20)21-10/h8-10,18-19H,2-7H2,1H3/t10-/m1/s1. The number of ketones is 1. The largest absolute Gasteiger partial charge is 0.508 e. The fourth-order valence-electron chi connectivity index (χ4n) is 2.53. The van der Waals surface area contributed by atoms with Crippen LogP contribution in [0.5, 0.6) is 11.5 Å². The molecule has 1 aliphatic heterocycles. The molecule has 0 radical (unpaired) electrons. The molecule has 5 heteroatoms. The molecule has 1 heterocycles. The van der Waals surface area contributed by atoms with Crippen molar-refractivity contribution in [3.8, 4) is 11.5 Å². The van der Waals surface area contributed by atoms with Gasteiger partial charge in [-0.3, -0.25) is 4.79 Å². The van der Waals surface area contributed by atoms with Crippen LogP contribution >= 0.6 is 0 Å². The van der Waals surface area contributed by atoms with Crippen molar-refractivity contribution in [1.29, 1.82) is 0 Å². The van der Waals surface area contributed by atoms with E-state index in [0.717, 1.165) is 12.5 Å². The molecule has 21 heavy (non-hydrogen) atoms. The van der Waals surface area contributed by atoms with Crippen molar-refractivity contribution in [3.63, 3.8) is 0 Å². The number of aryl methyl sites for hydroxylation is 1. The summed E-state index contributed by atoms with van der Waals surface area (Å²) in [7, 11) is 0. The first kappa shape index (κ1) is 15.4. The quantitative estimate of drug-likeness (QED) is 0.718. The summed E-state index contributed by atoms with van der Waals surface area (Å²) in [6.45, 7) is 1.73. The summed E-state index contributed by atoms with van der Waals surface area (Å²) in [5, 5.41) is 19.5. The number of fused-ring (bicyclic) bond motifs is 1. The van der Waals surface area contributed by atoms with E-state index in [4.69, 9.17) is 4.74 Å². The first-order valence-corrected chi connectivity index (χ1v) is 7.25. The number of carbonyl (C=O) groups excluding carboxylic acids is 2. The Balaban J connectivity index is 2.32. The minimum Gasteiger partial charge on any atom is -0.508 e. The van der Waals surface area contributed by atoms with E-state index in [-0.39, 0.29) is 28.9 Å². The van der Waals surface area contributed by atoms with Gasteiger partial charge in [-0.1, -0.05) is 0 Å². The molecule has 0 fully saturated rings. The molecule has 1 aromatic rings. The van der Waals surface area contributed by atoms with Crippen LogP contribution in [0, 0.1) is 0 Å². The van der Waals surface area contributed by atoms with Crippen molar-refractivity contribution in [2.75, 3.05) is 0 Å².